The second-order valence-electron chi connectivity index (χ2n) is 6.55. The van der Waals surface area contributed by atoms with E-state index in [0.717, 1.165) is 16.1 Å². The first kappa shape index (κ1) is 24.5. The number of nitrogens with zero attached hydrogens (tertiary/aromatic N) is 1. The van der Waals surface area contributed by atoms with Crippen molar-refractivity contribution in [3.05, 3.63) is 53.1 Å². The molecule has 162 valence electrons. The molecule has 3 rings (SSSR count). The molecule has 2 aromatic rings. The van der Waals surface area contributed by atoms with Crippen LogP contribution in [0.2, 0.25) is 5.02 Å². The van der Waals surface area contributed by atoms with Crippen LogP contribution >= 0.6 is 40.3 Å². The maximum Gasteiger partial charge on any atom is 0.303 e. The summed E-state index contributed by atoms with van der Waals surface area (Å²) in [5.41, 5.74) is 1.62. The van der Waals surface area contributed by atoms with Crippen molar-refractivity contribution >= 4 is 57.9 Å². The fraction of sp³-hybridized carbons (Fsp3) is 0.333. The number of likely N-dealkylation sites (N-methyl/N-ethyl adjacent to an activating group) is 1. The monoisotopic (exact) mass is 514 g/mol. The normalized spacial score (nSPS) is 18.1. The number of fused-ring (bicyclic) bond motifs is 1. The Kier molecular flexibility index (Phi) is 9.03. The molecule has 1 aliphatic heterocycles. The molecule has 9 heteroatoms. The van der Waals surface area contributed by atoms with Gasteiger partial charge in [-0.15, -0.1) is 28.7 Å². The first-order valence-corrected chi connectivity index (χ1v) is 10.4. The maximum atomic E-state index is 13.5. The summed E-state index contributed by atoms with van der Waals surface area (Å²) in [7, 11) is 3.42. The molecule has 0 saturated heterocycles. The molecule has 0 aliphatic carbocycles. The molecule has 1 aliphatic rings. The van der Waals surface area contributed by atoms with Gasteiger partial charge in [0.1, 0.15) is 5.75 Å². The SMILES string of the molecule is Br.CNCCN1C(=O)[C@@H](OC(C)=O)[C@@H](c2ccc(OC)cc2)Sc2cc(Cl)ccc21. The minimum atomic E-state index is -0.964. The van der Waals surface area contributed by atoms with Gasteiger partial charge in [-0.1, -0.05) is 23.7 Å². The van der Waals surface area contributed by atoms with Crippen LogP contribution in [-0.2, 0) is 14.3 Å². The van der Waals surface area contributed by atoms with Crippen molar-refractivity contribution in [1.82, 2.24) is 5.32 Å². The molecule has 0 saturated carbocycles. The lowest BCUT2D eigenvalue weighted by molar-refractivity contribution is -0.152. The molecule has 2 atom stereocenters. The Balaban J connectivity index is 0.00000320. The van der Waals surface area contributed by atoms with Gasteiger partial charge in [0.2, 0.25) is 0 Å². The Morgan fingerprint density at radius 2 is 1.93 bits per heavy atom. The number of amides is 1. The van der Waals surface area contributed by atoms with E-state index in [2.05, 4.69) is 5.32 Å². The Morgan fingerprint density at radius 3 is 2.53 bits per heavy atom. The maximum absolute atomic E-state index is 13.5. The van der Waals surface area contributed by atoms with E-state index >= 15 is 0 Å². The Bertz CT molecular complexity index is 897. The van der Waals surface area contributed by atoms with Gasteiger partial charge in [-0.3, -0.25) is 9.59 Å². The fourth-order valence-corrected chi connectivity index (χ4v) is 4.78. The van der Waals surface area contributed by atoms with Gasteiger partial charge in [0.15, 0.2) is 6.10 Å². The summed E-state index contributed by atoms with van der Waals surface area (Å²) >= 11 is 7.71. The van der Waals surface area contributed by atoms with Crippen LogP contribution in [0.15, 0.2) is 47.4 Å². The molecular formula is C21H24BrClN2O4S. The van der Waals surface area contributed by atoms with Crippen LogP contribution < -0.4 is 15.0 Å². The number of carbonyl (C=O) groups is 2. The zero-order valence-corrected chi connectivity index (χ0v) is 20.2. The number of thioether (sulfide) groups is 1. The number of hydrogen-bond donors (Lipinski definition) is 1. The van der Waals surface area contributed by atoms with Gasteiger partial charge in [0.05, 0.1) is 18.0 Å². The third kappa shape index (κ3) is 5.49. The largest absolute Gasteiger partial charge is 0.497 e. The fourth-order valence-electron chi connectivity index (χ4n) is 3.19. The van der Waals surface area contributed by atoms with Crippen molar-refractivity contribution in [3.63, 3.8) is 0 Å². The molecule has 0 unspecified atom stereocenters. The van der Waals surface area contributed by atoms with Crippen LogP contribution in [0.5, 0.6) is 5.75 Å². The summed E-state index contributed by atoms with van der Waals surface area (Å²) < 4.78 is 10.8. The Labute approximate surface area is 196 Å². The van der Waals surface area contributed by atoms with E-state index in [-0.39, 0.29) is 22.9 Å². The molecular weight excluding hydrogens is 492 g/mol. The Hall–Kier alpha value is -1.74. The molecule has 6 nitrogen and oxygen atoms in total. The number of carbonyl (C=O) groups excluding carboxylic acids is 2. The van der Waals surface area contributed by atoms with Crippen molar-refractivity contribution in [2.24, 2.45) is 0 Å². The van der Waals surface area contributed by atoms with Crippen molar-refractivity contribution < 1.29 is 19.1 Å². The lowest BCUT2D eigenvalue weighted by Crippen LogP contribution is -2.45. The van der Waals surface area contributed by atoms with Crippen LogP contribution in [0.3, 0.4) is 0 Å². The quantitative estimate of drug-likeness (QED) is 0.580. The number of hydrogen-bond acceptors (Lipinski definition) is 6. The summed E-state index contributed by atoms with van der Waals surface area (Å²) in [4.78, 5) is 27.8. The van der Waals surface area contributed by atoms with Gasteiger partial charge in [0, 0.05) is 29.9 Å². The number of rotatable bonds is 6. The molecule has 0 aromatic heterocycles. The van der Waals surface area contributed by atoms with E-state index in [1.165, 1.54) is 18.7 Å². The molecule has 0 fully saturated rings. The van der Waals surface area contributed by atoms with Gasteiger partial charge < -0.3 is 19.7 Å². The van der Waals surface area contributed by atoms with Gasteiger partial charge in [-0.25, -0.2) is 0 Å². The van der Waals surface area contributed by atoms with Crippen LogP contribution in [0, 0.1) is 0 Å². The summed E-state index contributed by atoms with van der Waals surface area (Å²) in [6.45, 7) is 2.35. The summed E-state index contributed by atoms with van der Waals surface area (Å²) in [5.74, 6) is -0.0494. The van der Waals surface area contributed by atoms with Crippen molar-refractivity contribution in [1.29, 1.82) is 0 Å². The number of methoxy groups -OCH3 is 1. The number of halogens is 2. The highest BCUT2D eigenvalue weighted by molar-refractivity contribution is 8.93. The number of nitrogens with one attached hydrogen (secondary N) is 1. The third-order valence-corrected chi connectivity index (χ3v) is 6.16. The van der Waals surface area contributed by atoms with Crippen LogP contribution in [0.25, 0.3) is 0 Å². The minimum absolute atomic E-state index is 0. The number of benzene rings is 2. The molecule has 1 N–H and O–H groups in total. The van der Waals surface area contributed by atoms with Gasteiger partial charge in [-0.05, 0) is 42.9 Å². The van der Waals surface area contributed by atoms with Crippen LogP contribution in [-0.4, -0.2) is 45.2 Å². The minimum Gasteiger partial charge on any atom is -0.497 e. The van der Waals surface area contributed by atoms with E-state index < -0.39 is 17.3 Å². The summed E-state index contributed by atoms with van der Waals surface area (Å²) in [6.07, 6.45) is -0.964. The molecule has 0 spiro atoms. The van der Waals surface area contributed by atoms with Crippen LogP contribution in [0.1, 0.15) is 17.7 Å². The second-order valence-corrected chi connectivity index (χ2v) is 8.17. The van der Waals surface area contributed by atoms with E-state index in [1.54, 1.807) is 18.1 Å². The zero-order valence-electron chi connectivity index (χ0n) is 16.9. The standard InChI is InChI=1S/C21H23ClN2O4S.BrH/c1-13(25)28-19-20(14-4-7-16(27-3)8-5-14)29-18-12-15(22)6-9-17(18)24(21(19)26)11-10-23-2;/h4-9,12,19-20,23H,10-11H2,1-3H3;1H/t19-,20+;/m0./s1. The van der Waals surface area contributed by atoms with E-state index in [9.17, 15) is 9.59 Å². The number of ether oxygens (including phenoxy) is 2. The highest BCUT2D eigenvalue weighted by Crippen LogP contribution is 2.47. The second kappa shape index (κ2) is 11.0. The van der Waals surface area contributed by atoms with Gasteiger partial charge in [-0.2, -0.15) is 0 Å². The molecule has 30 heavy (non-hydrogen) atoms. The lowest BCUT2D eigenvalue weighted by Gasteiger charge is -2.27. The first-order valence-electron chi connectivity index (χ1n) is 9.18. The highest BCUT2D eigenvalue weighted by Gasteiger charge is 2.40. The third-order valence-electron chi connectivity index (χ3n) is 4.57. The number of esters is 1. The van der Waals surface area contributed by atoms with Crippen molar-refractivity contribution in [2.75, 3.05) is 32.1 Å². The predicted molar refractivity (Wildman–Crippen MR) is 125 cm³/mol. The topological polar surface area (TPSA) is 67.9 Å². The molecule has 1 amide bonds. The first-order chi connectivity index (χ1) is 13.9. The lowest BCUT2D eigenvalue weighted by atomic mass is 10.1. The van der Waals surface area contributed by atoms with Crippen LogP contribution in [0.4, 0.5) is 5.69 Å². The molecule has 0 radical (unpaired) electrons. The van der Waals surface area contributed by atoms with Gasteiger partial charge >= 0.3 is 5.97 Å². The van der Waals surface area contributed by atoms with E-state index in [4.69, 9.17) is 21.1 Å². The Morgan fingerprint density at radius 1 is 1.23 bits per heavy atom. The van der Waals surface area contributed by atoms with E-state index in [1.807, 2.05) is 43.4 Å². The predicted octanol–water partition coefficient (Wildman–Crippen LogP) is 4.26. The highest BCUT2D eigenvalue weighted by atomic mass is 79.9. The average Bonchev–Trinajstić information content (AvgIpc) is 2.81. The van der Waals surface area contributed by atoms with Crippen molar-refractivity contribution in [3.8, 4) is 5.75 Å². The molecule has 0 bridgehead atoms. The summed E-state index contributed by atoms with van der Waals surface area (Å²) in [5, 5.41) is 3.22. The summed E-state index contributed by atoms with van der Waals surface area (Å²) in [6, 6.07) is 12.9. The number of anilines is 1. The van der Waals surface area contributed by atoms with Gasteiger partial charge in [0.25, 0.3) is 5.91 Å². The molecule has 1 heterocycles. The van der Waals surface area contributed by atoms with E-state index in [0.29, 0.717) is 23.9 Å². The molecule has 2 aromatic carbocycles. The smallest absolute Gasteiger partial charge is 0.303 e. The average molecular weight is 516 g/mol. The van der Waals surface area contributed by atoms with Crippen molar-refractivity contribution in [2.45, 2.75) is 23.2 Å². The zero-order chi connectivity index (χ0) is 21.0.